The maximum atomic E-state index is 6.15. The average molecular weight is 254 g/mol. The third-order valence-electron chi connectivity index (χ3n) is 4.52. The summed E-state index contributed by atoms with van der Waals surface area (Å²) in [6, 6.07) is 0. The summed E-state index contributed by atoms with van der Waals surface area (Å²) in [5.74, 6) is 1.54. The van der Waals surface area contributed by atoms with E-state index in [1.165, 1.54) is 57.8 Å². The van der Waals surface area contributed by atoms with Gasteiger partial charge in [-0.25, -0.2) is 0 Å². The zero-order valence-corrected chi connectivity index (χ0v) is 11.9. The molecule has 0 radical (unpaired) electrons. The van der Waals surface area contributed by atoms with E-state index in [1.54, 1.807) is 0 Å². The monoisotopic (exact) mass is 254 g/mol. The van der Waals surface area contributed by atoms with Gasteiger partial charge in [-0.2, -0.15) is 11.8 Å². The molecule has 0 saturated heterocycles. The van der Waals surface area contributed by atoms with Gasteiger partial charge in [0, 0.05) is 10.7 Å². The number of amidine groups is 1. The largest absolute Gasteiger partial charge is 0.387 e. The molecule has 0 aromatic rings. The van der Waals surface area contributed by atoms with E-state index in [9.17, 15) is 0 Å². The van der Waals surface area contributed by atoms with Gasteiger partial charge in [0.25, 0.3) is 0 Å². The van der Waals surface area contributed by atoms with Crippen molar-refractivity contribution in [3.63, 3.8) is 0 Å². The molecule has 2 aliphatic carbocycles. The Labute approximate surface area is 110 Å². The lowest BCUT2D eigenvalue weighted by Gasteiger charge is -2.34. The maximum Gasteiger partial charge on any atom is 0.0969 e. The van der Waals surface area contributed by atoms with Crippen LogP contribution in [0, 0.1) is 5.92 Å². The van der Waals surface area contributed by atoms with E-state index in [0.717, 1.165) is 12.4 Å². The Hall–Kier alpha value is -0.180. The first-order chi connectivity index (χ1) is 8.26. The van der Waals surface area contributed by atoms with Gasteiger partial charge in [0.05, 0.1) is 12.4 Å². The molecule has 17 heavy (non-hydrogen) atoms. The summed E-state index contributed by atoms with van der Waals surface area (Å²) < 4.78 is 0.404. The second-order valence-corrected chi connectivity index (χ2v) is 6.94. The fourth-order valence-corrected chi connectivity index (χ4v) is 4.10. The molecule has 0 spiro atoms. The van der Waals surface area contributed by atoms with Crippen LogP contribution in [0.5, 0.6) is 0 Å². The molecule has 2 saturated carbocycles. The Bertz CT molecular complexity index is 263. The molecule has 98 valence electrons. The molecule has 2 N–H and O–H groups in total. The van der Waals surface area contributed by atoms with Crippen LogP contribution >= 0.6 is 11.8 Å². The summed E-state index contributed by atoms with van der Waals surface area (Å²) in [7, 11) is 0. The summed E-state index contributed by atoms with van der Waals surface area (Å²) in [5, 5.41) is 0. The van der Waals surface area contributed by atoms with Gasteiger partial charge in [-0.1, -0.05) is 32.1 Å². The number of hydrogen-bond acceptors (Lipinski definition) is 2. The third-order valence-corrected chi connectivity index (χ3v) is 5.92. The topological polar surface area (TPSA) is 38.4 Å². The zero-order valence-electron chi connectivity index (χ0n) is 11.1. The summed E-state index contributed by atoms with van der Waals surface area (Å²) in [4.78, 5) is 4.75. The van der Waals surface area contributed by atoms with Crippen molar-refractivity contribution in [2.24, 2.45) is 16.6 Å². The van der Waals surface area contributed by atoms with E-state index in [1.807, 2.05) is 11.8 Å². The van der Waals surface area contributed by atoms with Gasteiger partial charge in [-0.05, 0) is 31.9 Å². The molecular weight excluding hydrogens is 228 g/mol. The van der Waals surface area contributed by atoms with Crippen molar-refractivity contribution in [3.05, 3.63) is 0 Å². The van der Waals surface area contributed by atoms with Gasteiger partial charge in [0.2, 0.25) is 0 Å². The van der Waals surface area contributed by atoms with Crippen molar-refractivity contribution in [2.75, 3.05) is 12.8 Å². The lowest BCUT2D eigenvalue weighted by molar-refractivity contribution is 0.404. The first kappa shape index (κ1) is 13.3. The number of nitrogens with two attached hydrogens (primary N) is 1. The number of thioether (sulfide) groups is 1. The smallest absolute Gasteiger partial charge is 0.0969 e. The van der Waals surface area contributed by atoms with Crippen LogP contribution in [0.3, 0.4) is 0 Å². The van der Waals surface area contributed by atoms with Gasteiger partial charge < -0.3 is 5.73 Å². The normalized spacial score (nSPS) is 26.3. The number of rotatable bonds is 4. The minimum Gasteiger partial charge on any atom is -0.387 e. The van der Waals surface area contributed by atoms with Crippen LogP contribution in [-0.2, 0) is 0 Å². The molecule has 2 aliphatic rings. The Morgan fingerprint density at radius 2 is 1.82 bits per heavy atom. The molecule has 0 atom stereocenters. The van der Waals surface area contributed by atoms with Crippen molar-refractivity contribution < 1.29 is 0 Å². The molecule has 2 fully saturated rings. The minimum absolute atomic E-state index is 0.404. The van der Waals surface area contributed by atoms with Crippen LogP contribution in [0.25, 0.3) is 0 Å². The minimum atomic E-state index is 0.404. The lowest BCUT2D eigenvalue weighted by Crippen LogP contribution is -2.33. The highest BCUT2D eigenvalue weighted by Crippen LogP contribution is 2.39. The van der Waals surface area contributed by atoms with E-state index < -0.39 is 0 Å². The maximum absolute atomic E-state index is 6.15. The highest BCUT2D eigenvalue weighted by Gasteiger charge is 2.31. The molecule has 0 aliphatic heterocycles. The van der Waals surface area contributed by atoms with Gasteiger partial charge in [0.1, 0.15) is 0 Å². The Balaban J connectivity index is 1.91. The van der Waals surface area contributed by atoms with Crippen LogP contribution in [0.1, 0.15) is 57.8 Å². The van der Waals surface area contributed by atoms with E-state index in [2.05, 4.69) is 6.26 Å². The van der Waals surface area contributed by atoms with E-state index in [0.29, 0.717) is 10.7 Å². The molecule has 0 aromatic carbocycles. The van der Waals surface area contributed by atoms with Crippen LogP contribution in [0.4, 0.5) is 0 Å². The van der Waals surface area contributed by atoms with Crippen molar-refractivity contribution in [2.45, 2.75) is 62.5 Å². The first-order valence-electron chi connectivity index (χ1n) is 7.11. The second-order valence-electron chi connectivity index (χ2n) is 5.67. The third kappa shape index (κ3) is 3.40. The molecular formula is C14H26N2S. The molecule has 0 bridgehead atoms. The van der Waals surface area contributed by atoms with Crippen molar-refractivity contribution in [3.8, 4) is 0 Å². The number of nitrogens with zero attached hydrogens (tertiary/aromatic N) is 1. The zero-order chi connectivity index (χ0) is 12.1. The molecule has 0 heterocycles. The Kier molecular flexibility index (Phi) is 4.78. The molecule has 3 heteroatoms. The average Bonchev–Trinajstić information content (AvgIpc) is 2.91. The molecule has 0 unspecified atom stereocenters. The SMILES string of the molecule is CSC1(CN=C(N)C2CCCC2)CCCCC1. The first-order valence-corrected chi connectivity index (χ1v) is 8.33. The van der Waals surface area contributed by atoms with Gasteiger partial charge >= 0.3 is 0 Å². The fraction of sp³-hybridized carbons (Fsp3) is 0.929. The lowest BCUT2D eigenvalue weighted by atomic mass is 9.88. The standard InChI is InChI=1S/C14H26N2S/c1-17-14(9-5-2-6-10-14)11-16-13(15)12-7-3-4-8-12/h12H,2-11H2,1H3,(H2,15,16). The quantitative estimate of drug-likeness (QED) is 0.615. The summed E-state index contributed by atoms with van der Waals surface area (Å²) >= 11 is 2.02. The Morgan fingerprint density at radius 3 is 2.41 bits per heavy atom. The van der Waals surface area contributed by atoms with Gasteiger partial charge in [-0.3, -0.25) is 4.99 Å². The van der Waals surface area contributed by atoms with Crippen LogP contribution < -0.4 is 5.73 Å². The van der Waals surface area contributed by atoms with Crippen molar-refractivity contribution in [1.82, 2.24) is 0 Å². The van der Waals surface area contributed by atoms with Crippen LogP contribution in [-0.4, -0.2) is 23.4 Å². The van der Waals surface area contributed by atoms with Crippen LogP contribution in [0.2, 0.25) is 0 Å². The predicted molar refractivity (Wildman–Crippen MR) is 77.8 cm³/mol. The van der Waals surface area contributed by atoms with Crippen molar-refractivity contribution >= 4 is 17.6 Å². The number of aliphatic imine (C=N–C) groups is 1. The van der Waals surface area contributed by atoms with Crippen molar-refractivity contribution in [1.29, 1.82) is 0 Å². The van der Waals surface area contributed by atoms with Gasteiger partial charge in [-0.15, -0.1) is 0 Å². The van der Waals surface area contributed by atoms with Crippen LogP contribution in [0.15, 0.2) is 4.99 Å². The summed E-state index contributed by atoms with van der Waals surface area (Å²) in [5.41, 5.74) is 6.15. The summed E-state index contributed by atoms with van der Waals surface area (Å²) in [6.45, 7) is 0.955. The number of hydrogen-bond donors (Lipinski definition) is 1. The molecule has 2 nitrogen and oxygen atoms in total. The van der Waals surface area contributed by atoms with E-state index >= 15 is 0 Å². The highest BCUT2D eigenvalue weighted by molar-refractivity contribution is 8.00. The van der Waals surface area contributed by atoms with E-state index in [4.69, 9.17) is 10.7 Å². The molecule has 2 rings (SSSR count). The van der Waals surface area contributed by atoms with Gasteiger partial charge in [0.15, 0.2) is 0 Å². The Morgan fingerprint density at radius 1 is 1.18 bits per heavy atom. The highest BCUT2D eigenvalue weighted by atomic mass is 32.2. The predicted octanol–water partition coefficient (Wildman–Crippen LogP) is 3.60. The fourth-order valence-electron chi connectivity index (χ4n) is 3.21. The summed E-state index contributed by atoms with van der Waals surface area (Å²) in [6.07, 6.45) is 14.3. The molecule has 0 aromatic heterocycles. The molecule has 0 amide bonds. The second kappa shape index (κ2) is 6.12. The van der Waals surface area contributed by atoms with E-state index in [-0.39, 0.29) is 0 Å².